The average molecular weight is 411 g/mol. The second-order valence-corrected chi connectivity index (χ2v) is 6.81. The summed E-state index contributed by atoms with van der Waals surface area (Å²) >= 11 is 0. The van der Waals surface area contributed by atoms with Crippen LogP contribution in [0, 0.1) is 11.6 Å². The van der Waals surface area contributed by atoms with E-state index in [4.69, 9.17) is 4.74 Å². The Balaban J connectivity index is 1.60. The molecular formula is C22H15F2NO5. The predicted octanol–water partition coefficient (Wildman–Crippen LogP) is 5.00. The molecule has 6 nitrogen and oxygen atoms in total. The van der Waals surface area contributed by atoms with Crippen LogP contribution in [0.15, 0.2) is 48.5 Å². The highest BCUT2D eigenvalue weighted by Gasteiger charge is 2.25. The van der Waals surface area contributed by atoms with Gasteiger partial charge >= 0.3 is 11.9 Å². The number of halogens is 2. The number of aryl methyl sites for hydroxylation is 2. The summed E-state index contributed by atoms with van der Waals surface area (Å²) in [7, 11) is 0. The van der Waals surface area contributed by atoms with Crippen molar-refractivity contribution in [1.82, 2.24) is 0 Å². The Bertz CT molecular complexity index is 1190. The average Bonchev–Trinajstić information content (AvgIpc) is 2.71. The van der Waals surface area contributed by atoms with Crippen molar-refractivity contribution in [2.45, 2.75) is 12.8 Å². The van der Waals surface area contributed by atoms with Crippen molar-refractivity contribution in [2.24, 2.45) is 0 Å². The zero-order chi connectivity index (χ0) is 21.4. The van der Waals surface area contributed by atoms with Gasteiger partial charge in [-0.1, -0.05) is 12.1 Å². The molecule has 0 bridgehead atoms. The molecule has 4 rings (SSSR count). The van der Waals surface area contributed by atoms with E-state index in [9.17, 15) is 28.6 Å². The van der Waals surface area contributed by atoms with Crippen LogP contribution in [-0.2, 0) is 12.8 Å². The molecule has 0 fully saturated rings. The number of hydrogen-bond donors (Lipinski definition) is 3. The first kappa shape index (κ1) is 19.4. The smallest absolute Gasteiger partial charge is 0.337 e. The molecule has 0 aromatic heterocycles. The number of carbonyl (C=O) groups is 2. The first-order chi connectivity index (χ1) is 14.3. The predicted molar refractivity (Wildman–Crippen MR) is 104 cm³/mol. The molecule has 0 unspecified atom stereocenters. The molecule has 152 valence electrons. The van der Waals surface area contributed by atoms with E-state index in [0.29, 0.717) is 29.8 Å². The van der Waals surface area contributed by atoms with E-state index in [0.717, 1.165) is 23.8 Å². The van der Waals surface area contributed by atoms with Crippen LogP contribution in [0.5, 0.6) is 11.5 Å². The topological polar surface area (TPSA) is 95.9 Å². The molecule has 0 amide bonds. The zero-order valence-electron chi connectivity index (χ0n) is 15.4. The Hall–Kier alpha value is -3.94. The van der Waals surface area contributed by atoms with Gasteiger partial charge in [0, 0.05) is 0 Å². The second-order valence-electron chi connectivity index (χ2n) is 6.81. The molecule has 3 N–H and O–H groups in total. The van der Waals surface area contributed by atoms with Gasteiger partial charge in [0.2, 0.25) is 0 Å². The first-order valence-electron chi connectivity index (χ1n) is 8.98. The van der Waals surface area contributed by atoms with E-state index in [2.05, 4.69) is 5.32 Å². The summed E-state index contributed by atoms with van der Waals surface area (Å²) in [5.41, 5.74) is 1.80. The molecule has 8 heteroatoms. The summed E-state index contributed by atoms with van der Waals surface area (Å²) in [6.07, 6.45) is 1.01. The standard InChI is InChI=1S/C22H15F2NO5/c23-15-5-3-11(7-16(15)24)1-2-12-4-6-17-18(8-12)30-19-10-13(21(26)27)9-14(22(28)29)20(19)25-17/h3-10,25H,1-2H2,(H,26,27)(H,28,29). The van der Waals surface area contributed by atoms with Crippen LogP contribution >= 0.6 is 0 Å². The zero-order valence-corrected chi connectivity index (χ0v) is 15.4. The third-order valence-corrected chi connectivity index (χ3v) is 4.79. The highest BCUT2D eigenvalue weighted by molar-refractivity contribution is 6.02. The number of ether oxygens (including phenoxy) is 1. The Morgan fingerprint density at radius 3 is 2.20 bits per heavy atom. The fraction of sp³-hybridized carbons (Fsp3) is 0.0909. The van der Waals surface area contributed by atoms with Gasteiger partial charge in [-0.25, -0.2) is 18.4 Å². The van der Waals surface area contributed by atoms with Crippen LogP contribution in [-0.4, -0.2) is 22.2 Å². The van der Waals surface area contributed by atoms with Crippen LogP contribution in [0.25, 0.3) is 0 Å². The summed E-state index contributed by atoms with van der Waals surface area (Å²) in [5.74, 6) is -3.84. The third-order valence-electron chi connectivity index (χ3n) is 4.79. The molecular weight excluding hydrogens is 396 g/mol. The summed E-state index contributed by atoms with van der Waals surface area (Å²) in [4.78, 5) is 22.8. The summed E-state index contributed by atoms with van der Waals surface area (Å²) in [5, 5.41) is 21.6. The van der Waals surface area contributed by atoms with Crippen LogP contribution in [0.3, 0.4) is 0 Å². The molecule has 0 saturated heterocycles. The lowest BCUT2D eigenvalue weighted by Crippen LogP contribution is -2.11. The lowest BCUT2D eigenvalue weighted by Gasteiger charge is -2.24. The van der Waals surface area contributed by atoms with Gasteiger partial charge in [0.15, 0.2) is 23.1 Å². The summed E-state index contributed by atoms with van der Waals surface area (Å²) in [6, 6.07) is 11.4. The maximum absolute atomic E-state index is 13.4. The fourth-order valence-corrected chi connectivity index (χ4v) is 3.26. The van der Waals surface area contributed by atoms with E-state index in [-0.39, 0.29) is 22.6 Å². The molecule has 0 radical (unpaired) electrons. The highest BCUT2D eigenvalue weighted by atomic mass is 19.2. The number of carboxylic acids is 2. The minimum atomic E-state index is -1.28. The number of anilines is 2. The lowest BCUT2D eigenvalue weighted by molar-refractivity contribution is 0.0696. The van der Waals surface area contributed by atoms with E-state index in [1.54, 1.807) is 12.1 Å². The van der Waals surface area contributed by atoms with E-state index in [1.807, 2.05) is 6.07 Å². The largest absolute Gasteiger partial charge is 0.478 e. The first-order valence-corrected chi connectivity index (χ1v) is 8.98. The molecule has 3 aromatic carbocycles. The van der Waals surface area contributed by atoms with Crippen molar-refractivity contribution in [3.63, 3.8) is 0 Å². The van der Waals surface area contributed by atoms with Crippen molar-refractivity contribution >= 4 is 23.3 Å². The fourth-order valence-electron chi connectivity index (χ4n) is 3.26. The Kier molecular flexibility index (Phi) is 4.83. The number of benzene rings is 3. The third kappa shape index (κ3) is 3.67. The number of aromatic carboxylic acids is 2. The van der Waals surface area contributed by atoms with Gasteiger partial charge in [-0.3, -0.25) is 0 Å². The molecule has 3 aromatic rings. The van der Waals surface area contributed by atoms with E-state index >= 15 is 0 Å². The van der Waals surface area contributed by atoms with E-state index in [1.165, 1.54) is 12.1 Å². The Labute approximate surface area is 169 Å². The SMILES string of the molecule is O=C(O)c1cc2c(c(C(=O)O)c1)Nc1ccc(CCc3ccc(F)c(F)c3)cc1O2. The van der Waals surface area contributed by atoms with Crippen LogP contribution in [0.4, 0.5) is 20.2 Å². The number of carboxylic acid groups (broad SMARTS) is 2. The number of rotatable bonds is 5. The number of nitrogens with one attached hydrogen (secondary N) is 1. The lowest BCUT2D eigenvalue weighted by atomic mass is 10.0. The van der Waals surface area contributed by atoms with Gasteiger partial charge in [-0.2, -0.15) is 0 Å². The van der Waals surface area contributed by atoms with Gasteiger partial charge in [0.05, 0.1) is 22.5 Å². The van der Waals surface area contributed by atoms with E-state index < -0.39 is 23.6 Å². The number of fused-ring (bicyclic) bond motifs is 2. The van der Waals surface area contributed by atoms with Crippen molar-refractivity contribution in [3.8, 4) is 11.5 Å². The molecule has 0 aliphatic carbocycles. The molecule has 0 atom stereocenters. The van der Waals surface area contributed by atoms with Crippen LogP contribution in [0.2, 0.25) is 0 Å². The summed E-state index contributed by atoms with van der Waals surface area (Å²) in [6.45, 7) is 0. The van der Waals surface area contributed by atoms with Crippen molar-refractivity contribution in [1.29, 1.82) is 0 Å². The maximum atomic E-state index is 13.4. The minimum absolute atomic E-state index is 0.0950. The van der Waals surface area contributed by atoms with Crippen LogP contribution < -0.4 is 10.1 Å². The normalized spacial score (nSPS) is 11.7. The van der Waals surface area contributed by atoms with Gasteiger partial charge in [0.1, 0.15) is 0 Å². The Morgan fingerprint density at radius 2 is 1.53 bits per heavy atom. The number of hydrogen-bond acceptors (Lipinski definition) is 4. The van der Waals surface area contributed by atoms with Crippen molar-refractivity contribution < 1.29 is 33.3 Å². The molecule has 1 aliphatic rings. The maximum Gasteiger partial charge on any atom is 0.337 e. The van der Waals surface area contributed by atoms with Crippen molar-refractivity contribution in [3.05, 3.63) is 82.4 Å². The van der Waals surface area contributed by atoms with Crippen LogP contribution in [0.1, 0.15) is 31.8 Å². The summed E-state index contributed by atoms with van der Waals surface area (Å²) < 4.78 is 32.2. The van der Waals surface area contributed by atoms with Gasteiger partial charge in [-0.15, -0.1) is 0 Å². The quantitative estimate of drug-likeness (QED) is 0.428. The molecule has 1 aliphatic heterocycles. The molecule has 0 saturated carbocycles. The van der Waals surface area contributed by atoms with Gasteiger partial charge < -0.3 is 20.3 Å². The van der Waals surface area contributed by atoms with Crippen molar-refractivity contribution in [2.75, 3.05) is 5.32 Å². The van der Waals surface area contributed by atoms with Gasteiger partial charge in [0.25, 0.3) is 0 Å². The monoisotopic (exact) mass is 411 g/mol. The van der Waals surface area contributed by atoms with Gasteiger partial charge in [-0.05, 0) is 60.4 Å². The Morgan fingerprint density at radius 1 is 0.833 bits per heavy atom. The second kappa shape index (κ2) is 7.47. The minimum Gasteiger partial charge on any atom is -0.478 e. The molecule has 30 heavy (non-hydrogen) atoms. The molecule has 0 spiro atoms. The molecule has 1 heterocycles. The highest BCUT2D eigenvalue weighted by Crippen LogP contribution is 2.44.